The van der Waals surface area contributed by atoms with E-state index in [1.165, 1.54) is 38.5 Å². The van der Waals surface area contributed by atoms with Crippen LogP contribution < -0.4 is 0 Å². The number of hydrogen-bond donors (Lipinski definition) is 1. The van der Waals surface area contributed by atoms with Gasteiger partial charge in [0.2, 0.25) is 0 Å². The van der Waals surface area contributed by atoms with Crippen LogP contribution in [-0.2, 0) is 4.79 Å². The van der Waals surface area contributed by atoms with Crippen molar-refractivity contribution in [2.75, 3.05) is 13.1 Å². The Kier molecular flexibility index (Phi) is 3.83. The van der Waals surface area contributed by atoms with Crippen molar-refractivity contribution in [1.82, 2.24) is 4.90 Å². The van der Waals surface area contributed by atoms with Gasteiger partial charge >= 0.3 is 5.97 Å². The molecule has 0 spiro atoms. The van der Waals surface area contributed by atoms with Crippen LogP contribution in [-0.4, -0.2) is 35.1 Å². The summed E-state index contributed by atoms with van der Waals surface area (Å²) in [6.45, 7) is 5.61. The van der Waals surface area contributed by atoms with E-state index >= 15 is 0 Å². The molecule has 4 rings (SSSR count). The van der Waals surface area contributed by atoms with Crippen LogP contribution in [0, 0.1) is 23.2 Å². The summed E-state index contributed by atoms with van der Waals surface area (Å²) >= 11 is 0. The molecule has 1 N–H and O–H groups in total. The van der Waals surface area contributed by atoms with Gasteiger partial charge in [0.1, 0.15) is 0 Å². The van der Waals surface area contributed by atoms with E-state index in [2.05, 4.69) is 18.7 Å². The molecule has 3 nitrogen and oxygen atoms in total. The van der Waals surface area contributed by atoms with Crippen LogP contribution in [0.1, 0.15) is 58.8 Å². The molecular formula is C17H29NO2. The molecule has 0 heterocycles. The third-order valence-corrected chi connectivity index (χ3v) is 6.37. The number of carboxylic acid groups (broad SMARTS) is 1. The van der Waals surface area contributed by atoms with Crippen LogP contribution in [0.15, 0.2) is 0 Å². The first-order valence-corrected chi connectivity index (χ1v) is 8.48. The normalized spacial score (nSPS) is 40.2. The van der Waals surface area contributed by atoms with E-state index in [1.807, 2.05) is 0 Å². The molecule has 0 aromatic heterocycles. The van der Waals surface area contributed by atoms with Crippen molar-refractivity contribution in [1.29, 1.82) is 0 Å². The summed E-state index contributed by atoms with van der Waals surface area (Å²) in [7, 11) is 0. The molecule has 0 saturated heterocycles. The molecule has 4 fully saturated rings. The maximum atomic E-state index is 11.2. The Labute approximate surface area is 122 Å². The lowest BCUT2D eigenvalue weighted by atomic mass is 9.47. The topological polar surface area (TPSA) is 40.5 Å². The van der Waals surface area contributed by atoms with Crippen molar-refractivity contribution in [3.8, 4) is 0 Å². The maximum Gasteiger partial charge on any atom is 0.317 e. The van der Waals surface area contributed by atoms with Crippen LogP contribution in [0.2, 0.25) is 0 Å². The van der Waals surface area contributed by atoms with Crippen molar-refractivity contribution in [2.24, 2.45) is 23.2 Å². The van der Waals surface area contributed by atoms with Gasteiger partial charge in [-0.05, 0) is 81.6 Å². The molecule has 114 valence electrons. The number of rotatable bonds is 6. The lowest BCUT2D eigenvalue weighted by Gasteiger charge is -2.60. The van der Waals surface area contributed by atoms with Gasteiger partial charge in [0.15, 0.2) is 0 Å². The Hall–Kier alpha value is -0.570. The second-order valence-electron chi connectivity index (χ2n) is 7.82. The highest BCUT2D eigenvalue weighted by atomic mass is 16.4. The van der Waals surface area contributed by atoms with Crippen molar-refractivity contribution in [2.45, 2.75) is 64.8 Å². The summed E-state index contributed by atoms with van der Waals surface area (Å²) < 4.78 is 0. The van der Waals surface area contributed by atoms with Gasteiger partial charge in [-0.1, -0.05) is 6.92 Å². The molecule has 1 atom stereocenters. The minimum absolute atomic E-state index is 0.219. The second kappa shape index (κ2) is 5.32. The van der Waals surface area contributed by atoms with Gasteiger partial charge in [-0.15, -0.1) is 0 Å². The van der Waals surface area contributed by atoms with E-state index in [0.29, 0.717) is 11.5 Å². The van der Waals surface area contributed by atoms with Gasteiger partial charge in [0.05, 0.1) is 6.54 Å². The molecule has 0 amide bonds. The van der Waals surface area contributed by atoms with Crippen LogP contribution >= 0.6 is 0 Å². The molecule has 0 radical (unpaired) electrons. The number of carbonyl (C=O) groups is 1. The third-order valence-electron chi connectivity index (χ3n) is 6.37. The smallest absolute Gasteiger partial charge is 0.317 e. The fourth-order valence-corrected chi connectivity index (χ4v) is 5.95. The highest BCUT2D eigenvalue weighted by molar-refractivity contribution is 5.69. The lowest BCUT2D eigenvalue weighted by molar-refractivity contribution is -0.142. The van der Waals surface area contributed by atoms with Crippen molar-refractivity contribution in [3.05, 3.63) is 0 Å². The summed E-state index contributed by atoms with van der Waals surface area (Å²) in [6.07, 6.45) is 9.50. The quantitative estimate of drug-likeness (QED) is 0.810. The number of carboxylic acids is 1. The molecule has 4 saturated carbocycles. The molecular weight excluding hydrogens is 250 g/mol. The van der Waals surface area contributed by atoms with E-state index in [4.69, 9.17) is 0 Å². The Bertz CT molecular complexity index is 344. The fourth-order valence-electron chi connectivity index (χ4n) is 5.95. The first-order valence-electron chi connectivity index (χ1n) is 8.48. The zero-order chi connectivity index (χ0) is 14.3. The second-order valence-corrected chi connectivity index (χ2v) is 7.82. The van der Waals surface area contributed by atoms with E-state index in [9.17, 15) is 9.90 Å². The molecule has 4 aliphatic rings. The van der Waals surface area contributed by atoms with Crippen LogP contribution in [0.5, 0.6) is 0 Å². The van der Waals surface area contributed by atoms with Crippen molar-refractivity contribution in [3.63, 3.8) is 0 Å². The largest absolute Gasteiger partial charge is 0.480 e. The average Bonchev–Trinajstić information content (AvgIpc) is 2.35. The zero-order valence-corrected chi connectivity index (χ0v) is 13.0. The summed E-state index contributed by atoms with van der Waals surface area (Å²) in [5.41, 5.74) is 0.430. The van der Waals surface area contributed by atoms with E-state index < -0.39 is 5.97 Å². The Morgan fingerprint density at radius 2 is 1.70 bits per heavy atom. The predicted octanol–water partition coefficient (Wildman–Crippen LogP) is 3.39. The summed E-state index contributed by atoms with van der Waals surface area (Å²) in [4.78, 5) is 13.4. The van der Waals surface area contributed by atoms with Gasteiger partial charge in [-0.25, -0.2) is 0 Å². The SMILES string of the molecule is CCCN(CC(=O)O)C(C)C12CC3CC(CC(C3)C1)C2. The molecule has 0 aliphatic heterocycles. The number of nitrogens with zero attached hydrogens (tertiary/aromatic N) is 1. The van der Waals surface area contributed by atoms with Crippen LogP contribution in [0.3, 0.4) is 0 Å². The molecule has 1 unspecified atom stereocenters. The molecule has 20 heavy (non-hydrogen) atoms. The Morgan fingerprint density at radius 3 is 2.10 bits per heavy atom. The first-order chi connectivity index (χ1) is 9.52. The summed E-state index contributed by atoms with van der Waals surface area (Å²) in [6, 6.07) is 0.437. The summed E-state index contributed by atoms with van der Waals surface area (Å²) in [5, 5.41) is 9.20. The number of aliphatic carboxylic acids is 1. The Morgan fingerprint density at radius 1 is 1.20 bits per heavy atom. The maximum absolute atomic E-state index is 11.2. The molecule has 4 aliphatic carbocycles. The van der Waals surface area contributed by atoms with Gasteiger partial charge in [0, 0.05) is 6.04 Å². The molecule has 0 aromatic rings. The highest BCUT2D eigenvalue weighted by Gasteiger charge is 2.54. The average molecular weight is 279 g/mol. The van der Waals surface area contributed by atoms with E-state index in [0.717, 1.165) is 30.7 Å². The van der Waals surface area contributed by atoms with Gasteiger partial charge < -0.3 is 5.11 Å². The minimum Gasteiger partial charge on any atom is -0.480 e. The minimum atomic E-state index is -0.671. The molecule has 0 aromatic carbocycles. The van der Waals surface area contributed by atoms with E-state index in [1.54, 1.807) is 0 Å². The molecule has 4 bridgehead atoms. The van der Waals surface area contributed by atoms with Crippen LogP contribution in [0.4, 0.5) is 0 Å². The fraction of sp³-hybridized carbons (Fsp3) is 0.941. The lowest BCUT2D eigenvalue weighted by Crippen LogP contribution is -2.56. The van der Waals surface area contributed by atoms with E-state index in [-0.39, 0.29) is 6.54 Å². The summed E-state index contributed by atoms with van der Waals surface area (Å²) in [5.74, 6) is 2.15. The van der Waals surface area contributed by atoms with Gasteiger partial charge in [-0.2, -0.15) is 0 Å². The standard InChI is InChI=1S/C17H29NO2/c1-3-4-18(11-16(19)20)12(2)17-8-13-5-14(9-17)7-15(6-13)10-17/h12-15H,3-11H2,1-2H3,(H,19,20). The zero-order valence-electron chi connectivity index (χ0n) is 13.0. The molecule has 3 heteroatoms. The van der Waals surface area contributed by atoms with Crippen molar-refractivity contribution < 1.29 is 9.90 Å². The first kappa shape index (κ1) is 14.4. The predicted molar refractivity (Wildman–Crippen MR) is 79.6 cm³/mol. The van der Waals surface area contributed by atoms with Gasteiger partial charge in [-0.3, -0.25) is 9.69 Å². The Balaban J connectivity index is 1.77. The third kappa shape index (κ3) is 2.49. The monoisotopic (exact) mass is 279 g/mol. The van der Waals surface area contributed by atoms with Crippen LogP contribution in [0.25, 0.3) is 0 Å². The van der Waals surface area contributed by atoms with Gasteiger partial charge in [0.25, 0.3) is 0 Å². The highest BCUT2D eigenvalue weighted by Crippen LogP contribution is 2.61. The number of hydrogen-bond acceptors (Lipinski definition) is 2. The van der Waals surface area contributed by atoms with Crippen molar-refractivity contribution >= 4 is 5.97 Å².